The fourth-order valence-corrected chi connectivity index (χ4v) is 1.92. The van der Waals surface area contributed by atoms with Gasteiger partial charge in [0.25, 0.3) is 0 Å². The Balaban J connectivity index is 0.000000148. The van der Waals surface area contributed by atoms with Crippen molar-refractivity contribution in [3.63, 3.8) is 0 Å². The van der Waals surface area contributed by atoms with Crippen molar-refractivity contribution in [3.8, 4) is 0 Å². The third-order valence-electron chi connectivity index (χ3n) is 3.33. The van der Waals surface area contributed by atoms with E-state index in [1.807, 2.05) is 51.6 Å². The lowest BCUT2D eigenvalue weighted by atomic mass is 10.2. The Morgan fingerprint density at radius 2 is 1.68 bits per heavy atom. The molecule has 0 fully saturated rings. The van der Waals surface area contributed by atoms with Crippen molar-refractivity contribution in [1.82, 2.24) is 14.9 Å². The van der Waals surface area contributed by atoms with Crippen LogP contribution in [0.2, 0.25) is 0 Å². The van der Waals surface area contributed by atoms with Crippen molar-refractivity contribution in [2.24, 2.45) is 7.05 Å². The minimum absolute atomic E-state index is 0.919. The van der Waals surface area contributed by atoms with E-state index in [2.05, 4.69) is 22.4 Å². The zero-order valence-electron chi connectivity index (χ0n) is 12.1. The molecule has 0 aliphatic heterocycles. The number of hydrogen-bond acceptors (Lipinski definition) is 3. The number of aromatic nitrogens is 3. The normalized spacial score (nSPS) is 10.4. The number of nitrogens with zero attached hydrogens (tertiary/aromatic N) is 3. The van der Waals surface area contributed by atoms with Crippen molar-refractivity contribution < 1.29 is 4.52 Å². The highest BCUT2D eigenvalue weighted by Crippen LogP contribution is 2.15. The van der Waals surface area contributed by atoms with E-state index in [1.165, 1.54) is 10.9 Å². The Morgan fingerprint density at radius 3 is 2.16 bits per heavy atom. The molecule has 2 heterocycles. The molecule has 19 heavy (non-hydrogen) atoms. The van der Waals surface area contributed by atoms with E-state index in [1.54, 1.807) is 0 Å². The van der Waals surface area contributed by atoms with Crippen molar-refractivity contribution >= 4 is 10.9 Å². The molecular weight excluding hydrogens is 238 g/mol. The molecule has 0 radical (unpaired) electrons. The quantitative estimate of drug-likeness (QED) is 0.619. The molecule has 0 saturated heterocycles. The van der Waals surface area contributed by atoms with Crippen LogP contribution in [0, 0.1) is 27.7 Å². The van der Waals surface area contributed by atoms with Gasteiger partial charge in [0.2, 0.25) is 0 Å². The summed E-state index contributed by atoms with van der Waals surface area (Å²) >= 11 is 0. The van der Waals surface area contributed by atoms with Gasteiger partial charge in [0.1, 0.15) is 5.76 Å². The lowest BCUT2D eigenvalue weighted by Crippen LogP contribution is -1.88. The van der Waals surface area contributed by atoms with Crippen LogP contribution in [-0.4, -0.2) is 14.9 Å². The highest BCUT2D eigenvalue weighted by molar-refractivity contribution is 5.81. The Labute approximate surface area is 113 Å². The number of aryl methyl sites for hydroxylation is 4. The fourth-order valence-electron chi connectivity index (χ4n) is 1.92. The van der Waals surface area contributed by atoms with Gasteiger partial charge in [-0.25, -0.2) is 0 Å². The molecule has 4 nitrogen and oxygen atoms in total. The van der Waals surface area contributed by atoms with Crippen LogP contribution in [0.25, 0.3) is 10.9 Å². The standard InChI is InChI=1S/C9H10N2.C6H9NO/c1-7-8-5-3-4-6-9(8)11(2)10-7;1-4-5(2)7-8-6(4)3/h3-6H,1-2H3;1-3H3. The van der Waals surface area contributed by atoms with Crippen LogP contribution in [0.5, 0.6) is 0 Å². The second-order valence-electron chi connectivity index (χ2n) is 4.68. The van der Waals surface area contributed by atoms with Crippen LogP contribution >= 0.6 is 0 Å². The van der Waals surface area contributed by atoms with Gasteiger partial charge in [-0.2, -0.15) is 5.10 Å². The molecule has 0 amide bonds. The minimum Gasteiger partial charge on any atom is -0.361 e. The van der Waals surface area contributed by atoms with E-state index in [0.717, 1.165) is 22.7 Å². The summed E-state index contributed by atoms with van der Waals surface area (Å²) < 4.78 is 6.75. The van der Waals surface area contributed by atoms with Gasteiger partial charge in [-0.1, -0.05) is 23.4 Å². The zero-order chi connectivity index (χ0) is 14.0. The zero-order valence-corrected chi connectivity index (χ0v) is 12.1. The number of para-hydroxylation sites is 1. The number of rotatable bonds is 0. The number of hydrogen-bond donors (Lipinski definition) is 0. The van der Waals surface area contributed by atoms with Crippen LogP contribution in [0.4, 0.5) is 0 Å². The second-order valence-corrected chi connectivity index (χ2v) is 4.68. The molecule has 0 bridgehead atoms. The highest BCUT2D eigenvalue weighted by atomic mass is 16.5. The molecule has 1 aromatic carbocycles. The smallest absolute Gasteiger partial charge is 0.136 e. The van der Waals surface area contributed by atoms with Crippen LogP contribution < -0.4 is 0 Å². The first-order valence-corrected chi connectivity index (χ1v) is 6.28. The number of fused-ring (bicyclic) bond motifs is 1. The van der Waals surface area contributed by atoms with E-state index in [4.69, 9.17) is 4.52 Å². The molecule has 0 saturated carbocycles. The van der Waals surface area contributed by atoms with E-state index in [-0.39, 0.29) is 0 Å². The molecule has 4 heteroatoms. The molecule has 3 rings (SSSR count). The van der Waals surface area contributed by atoms with Crippen molar-refractivity contribution in [2.75, 3.05) is 0 Å². The molecule has 0 aliphatic rings. The van der Waals surface area contributed by atoms with Crippen molar-refractivity contribution in [1.29, 1.82) is 0 Å². The molecule has 0 spiro atoms. The Kier molecular flexibility index (Phi) is 3.69. The average molecular weight is 257 g/mol. The molecular formula is C15H19N3O. The van der Waals surface area contributed by atoms with Gasteiger partial charge in [0.05, 0.1) is 16.9 Å². The fraction of sp³-hybridized carbons (Fsp3) is 0.333. The first-order valence-electron chi connectivity index (χ1n) is 6.28. The van der Waals surface area contributed by atoms with Crippen molar-refractivity contribution in [3.05, 3.63) is 47.0 Å². The van der Waals surface area contributed by atoms with Crippen LogP contribution in [-0.2, 0) is 7.05 Å². The maximum atomic E-state index is 4.84. The minimum atomic E-state index is 0.919. The van der Waals surface area contributed by atoms with E-state index in [9.17, 15) is 0 Å². The third kappa shape index (κ3) is 2.67. The monoisotopic (exact) mass is 257 g/mol. The number of benzene rings is 1. The predicted octanol–water partition coefficient (Wildman–Crippen LogP) is 3.48. The third-order valence-corrected chi connectivity index (χ3v) is 3.33. The summed E-state index contributed by atoms with van der Waals surface area (Å²) in [5.41, 5.74) is 4.44. The first-order chi connectivity index (χ1) is 9.00. The lowest BCUT2D eigenvalue weighted by Gasteiger charge is -1.90. The van der Waals surface area contributed by atoms with E-state index in [0.29, 0.717) is 0 Å². The van der Waals surface area contributed by atoms with Crippen LogP contribution in [0.3, 0.4) is 0 Å². The maximum absolute atomic E-state index is 4.84. The Hall–Kier alpha value is -2.10. The molecule has 100 valence electrons. The topological polar surface area (TPSA) is 43.9 Å². The van der Waals surface area contributed by atoms with Gasteiger partial charge in [-0.05, 0) is 33.8 Å². The highest BCUT2D eigenvalue weighted by Gasteiger charge is 2.01. The summed E-state index contributed by atoms with van der Waals surface area (Å²) in [6.07, 6.45) is 0. The van der Waals surface area contributed by atoms with Gasteiger partial charge in [0, 0.05) is 18.0 Å². The van der Waals surface area contributed by atoms with Crippen molar-refractivity contribution in [2.45, 2.75) is 27.7 Å². The SMILES string of the molecule is Cc1nn(C)c2ccccc12.Cc1noc(C)c1C. The largest absolute Gasteiger partial charge is 0.361 e. The molecule has 0 aliphatic carbocycles. The summed E-state index contributed by atoms with van der Waals surface area (Å²) in [5.74, 6) is 0.919. The van der Waals surface area contributed by atoms with Gasteiger partial charge in [-0.3, -0.25) is 4.68 Å². The summed E-state index contributed by atoms with van der Waals surface area (Å²) in [6.45, 7) is 7.88. The lowest BCUT2D eigenvalue weighted by molar-refractivity contribution is 0.392. The average Bonchev–Trinajstić information content (AvgIpc) is 2.86. The van der Waals surface area contributed by atoms with Gasteiger partial charge in [0.15, 0.2) is 0 Å². The molecule has 2 aromatic heterocycles. The molecule has 0 atom stereocenters. The second kappa shape index (κ2) is 5.26. The maximum Gasteiger partial charge on any atom is 0.136 e. The van der Waals surface area contributed by atoms with Gasteiger partial charge >= 0.3 is 0 Å². The van der Waals surface area contributed by atoms with Gasteiger partial charge < -0.3 is 4.52 Å². The Morgan fingerprint density at radius 1 is 1.00 bits per heavy atom. The molecule has 3 aromatic rings. The predicted molar refractivity (Wildman–Crippen MR) is 76.2 cm³/mol. The van der Waals surface area contributed by atoms with E-state index < -0.39 is 0 Å². The van der Waals surface area contributed by atoms with Gasteiger partial charge in [-0.15, -0.1) is 0 Å². The van der Waals surface area contributed by atoms with Crippen LogP contribution in [0.1, 0.15) is 22.7 Å². The molecule has 0 unspecified atom stereocenters. The van der Waals surface area contributed by atoms with Crippen LogP contribution in [0.15, 0.2) is 28.8 Å². The molecule has 0 N–H and O–H groups in total. The Bertz CT molecular complexity index is 639. The summed E-state index contributed by atoms with van der Waals surface area (Å²) in [4.78, 5) is 0. The van der Waals surface area contributed by atoms with E-state index >= 15 is 0 Å². The summed E-state index contributed by atoms with van der Waals surface area (Å²) in [6, 6.07) is 8.24. The first kappa shape index (κ1) is 13.3. The summed E-state index contributed by atoms with van der Waals surface area (Å²) in [7, 11) is 1.97. The summed E-state index contributed by atoms with van der Waals surface area (Å²) in [5, 5.41) is 9.29.